The normalized spacial score (nSPS) is 11.6. The van der Waals surface area contributed by atoms with Crippen molar-refractivity contribution >= 4 is 18.1 Å². The summed E-state index contributed by atoms with van der Waals surface area (Å²) in [4.78, 5) is 11.5. The van der Waals surface area contributed by atoms with Gasteiger partial charge >= 0.3 is 12.1 Å². The molecule has 2 N–H and O–H groups in total. The fraction of sp³-hybridized carbons (Fsp3) is 0.0870. The largest absolute Gasteiger partial charge is 0.507 e. The summed E-state index contributed by atoms with van der Waals surface area (Å²) in [6.45, 7) is 0.217. The average molecular weight is 414 g/mol. The Labute approximate surface area is 170 Å². The molecule has 0 bridgehead atoms. The maximum Gasteiger partial charge on any atom is 0.416 e. The summed E-state index contributed by atoms with van der Waals surface area (Å²) in [6, 6.07) is 16.4. The molecule has 0 heterocycles. The highest BCUT2D eigenvalue weighted by molar-refractivity contribution is 5.96. The SMILES string of the molecule is O=C(O)c1c(O)cc(OCc2ccccc2)cc1C=Cc1ccc(C(F)(F)F)cc1. The lowest BCUT2D eigenvalue weighted by Crippen LogP contribution is -2.04. The van der Waals surface area contributed by atoms with Crippen LogP contribution in [-0.4, -0.2) is 16.2 Å². The summed E-state index contributed by atoms with van der Waals surface area (Å²) in [5.41, 5.74) is 0.381. The van der Waals surface area contributed by atoms with Crippen molar-refractivity contribution in [1.29, 1.82) is 0 Å². The highest BCUT2D eigenvalue weighted by Gasteiger charge is 2.29. The van der Waals surface area contributed by atoms with E-state index < -0.39 is 23.5 Å². The van der Waals surface area contributed by atoms with Crippen LogP contribution in [0.2, 0.25) is 0 Å². The van der Waals surface area contributed by atoms with Crippen LogP contribution in [0.15, 0.2) is 66.7 Å². The van der Waals surface area contributed by atoms with Gasteiger partial charge in [-0.05, 0) is 34.9 Å². The van der Waals surface area contributed by atoms with E-state index in [1.54, 1.807) is 0 Å². The molecule has 0 saturated carbocycles. The monoisotopic (exact) mass is 414 g/mol. The molecule has 0 aliphatic rings. The van der Waals surface area contributed by atoms with Crippen molar-refractivity contribution < 1.29 is 32.9 Å². The second-order valence-corrected chi connectivity index (χ2v) is 6.44. The Kier molecular flexibility index (Phi) is 6.11. The molecule has 0 fully saturated rings. The van der Waals surface area contributed by atoms with Crippen LogP contribution in [0.1, 0.15) is 32.6 Å². The van der Waals surface area contributed by atoms with Gasteiger partial charge in [0, 0.05) is 6.07 Å². The topological polar surface area (TPSA) is 66.8 Å². The van der Waals surface area contributed by atoms with Crippen molar-refractivity contribution in [3.05, 3.63) is 94.5 Å². The molecule has 0 spiro atoms. The van der Waals surface area contributed by atoms with E-state index in [-0.39, 0.29) is 23.5 Å². The van der Waals surface area contributed by atoms with Gasteiger partial charge in [0.05, 0.1) is 5.56 Å². The predicted molar refractivity (Wildman–Crippen MR) is 106 cm³/mol. The Morgan fingerprint density at radius 3 is 2.23 bits per heavy atom. The summed E-state index contributed by atoms with van der Waals surface area (Å²) < 4.78 is 43.7. The number of alkyl halides is 3. The first kappa shape index (κ1) is 21.0. The maximum absolute atomic E-state index is 12.7. The van der Waals surface area contributed by atoms with Crippen LogP contribution in [0.3, 0.4) is 0 Å². The number of hydrogen-bond donors (Lipinski definition) is 2. The summed E-state index contributed by atoms with van der Waals surface area (Å²) in [5.74, 6) is -1.55. The molecular weight excluding hydrogens is 397 g/mol. The third-order valence-corrected chi connectivity index (χ3v) is 4.28. The van der Waals surface area contributed by atoms with Crippen molar-refractivity contribution in [2.75, 3.05) is 0 Å². The van der Waals surface area contributed by atoms with Gasteiger partial charge in [0.1, 0.15) is 23.7 Å². The Morgan fingerprint density at radius 1 is 0.967 bits per heavy atom. The fourth-order valence-corrected chi connectivity index (χ4v) is 2.78. The Morgan fingerprint density at radius 2 is 1.63 bits per heavy atom. The van der Waals surface area contributed by atoms with Gasteiger partial charge in [0.15, 0.2) is 0 Å². The molecule has 0 aromatic heterocycles. The third kappa shape index (κ3) is 5.20. The van der Waals surface area contributed by atoms with Gasteiger partial charge in [0.25, 0.3) is 0 Å². The van der Waals surface area contributed by atoms with Gasteiger partial charge < -0.3 is 14.9 Å². The van der Waals surface area contributed by atoms with E-state index in [1.807, 2.05) is 30.3 Å². The number of phenols is 1. The quantitative estimate of drug-likeness (QED) is 0.496. The molecular formula is C23H17F3O4. The molecule has 0 radical (unpaired) electrons. The first-order valence-electron chi connectivity index (χ1n) is 8.86. The van der Waals surface area contributed by atoms with E-state index in [9.17, 15) is 28.2 Å². The van der Waals surface area contributed by atoms with Gasteiger partial charge in [-0.1, -0.05) is 54.6 Å². The van der Waals surface area contributed by atoms with Crippen LogP contribution >= 0.6 is 0 Å². The molecule has 154 valence electrons. The average Bonchev–Trinajstić information content (AvgIpc) is 2.70. The number of benzene rings is 3. The van der Waals surface area contributed by atoms with Crippen molar-refractivity contribution in [3.8, 4) is 11.5 Å². The Hall–Kier alpha value is -3.74. The second kappa shape index (κ2) is 8.73. The Balaban J connectivity index is 1.87. The number of carboxylic acid groups (broad SMARTS) is 1. The van der Waals surface area contributed by atoms with E-state index in [4.69, 9.17) is 4.74 Å². The predicted octanol–water partition coefficient (Wildman–Crippen LogP) is 5.86. The van der Waals surface area contributed by atoms with Gasteiger partial charge in [-0.2, -0.15) is 13.2 Å². The van der Waals surface area contributed by atoms with E-state index >= 15 is 0 Å². The molecule has 3 rings (SSSR count). The van der Waals surface area contributed by atoms with Crippen molar-refractivity contribution in [1.82, 2.24) is 0 Å². The van der Waals surface area contributed by atoms with Crippen molar-refractivity contribution in [2.45, 2.75) is 12.8 Å². The number of carboxylic acids is 1. The van der Waals surface area contributed by atoms with Crippen LogP contribution in [0, 0.1) is 0 Å². The first-order valence-corrected chi connectivity index (χ1v) is 8.86. The molecule has 0 aliphatic carbocycles. The maximum atomic E-state index is 12.7. The number of hydrogen-bond acceptors (Lipinski definition) is 3. The number of halogens is 3. The minimum Gasteiger partial charge on any atom is -0.507 e. The lowest BCUT2D eigenvalue weighted by atomic mass is 10.0. The van der Waals surface area contributed by atoms with Gasteiger partial charge in [-0.15, -0.1) is 0 Å². The van der Waals surface area contributed by atoms with Gasteiger partial charge in [0.2, 0.25) is 0 Å². The van der Waals surface area contributed by atoms with E-state index in [0.717, 1.165) is 17.7 Å². The minimum atomic E-state index is -4.44. The smallest absolute Gasteiger partial charge is 0.416 e. The summed E-state index contributed by atoms with van der Waals surface area (Å²) in [7, 11) is 0. The zero-order chi connectivity index (χ0) is 21.7. The molecule has 0 amide bonds. The molecule has 0 aliphatic heterocycles. The highest BCUT2D eigenvalue weighted by atomic mass is 19.4. The Bertz CT molecular complexity index is 1060. The molecule has 7 heteroatoms. The van der Waals surface area contributed by atoms with Crippen LogP contribution in [0.25, 0.3) is 12.2 Å². The number of carbonyl (C=O) groups is 1. The summed E-state index contributed by atoms with van der Waals surface area (Å²) >= 11 is 0. The number of ether oxygens (including phenoxy) is 1. The van der Waals surface area contributed by atoms with Gasteiger partial charge in [-0.3, -0.25) is 0 Å². The molecule has 30 heavy (non-hydrogen) atoms. The van der Waals surface area contributed by atoms with Crippen LogP contribution in [0.5, 0.6) is 11.5 Å². The number of rotatable bonds is 6. The van der Waals surface area contributed by atoms with Crippen LogP contribution in [-0.2, 0) is 12.8 Å². The van der Waals surface area contributed by atoms with Gasteiger partial charge in [-0.25, -0.2) is 4.79 Å². The summed E-state index contributed by atoms with van der Waals surface area (Å²) in [6.07, 6.45) is -1.57. The van der Waals surface area contributed by atoms with Crippen molar-refractivity contribution in [3.63, 3.8) is 0 Å². The molecule has 3 aromatic carbocycles. The van der Waals surface area contributed by atoms with Crippen LogP contribution in [0.4, 0.5) is 13.2 Å². The van der Waals surface area contributed by atoms with Crippen LogP contribution < -0.4 is 4.74 Å². The van der Waals surface area contributed by atoms with E-state index in [2.05, 4.69) is 0 Å². The second-order valence-electron chi connectivity index (χ2n) is 6.44. The highest BCUT2D eigenvalue weighted by Crippen LogP contribution is 2.31. The fourth-order valence-electron chi connectivity index (χ4n) is 2.78. The zero-order valence-electron chi connectivity index (χ0n) is 15.6. The standard InChI is InChI=1S/C23H17F3O4/c24-23(25,26)18-10-7-15(8-11-18)6-9-17-12-19(13-20(27)21(17)22(28)29)30-14-16-4-2-1-3-5-16/h1-13,27H,14H2,(H,28,29). The zero-order valence-corrected chi connectivity index (χ0v) is 15.6. The molecule has 0 saturated heterocycles. The molecule has 3 aromatic rings. The number of aromatic carboxylic acids is 1. The third-order valence-electron chi connectivity index (χ3n) is 4.28. The lowest BCUT2D eigenvalue weighted by molar-refractivity contribution is -0.137. The van der Waals surface area contributed by atoms with E-state index in [1.165, 1.54) is 36.4 Å². The lowest BCUT2D eigenvalue weighted by Gasteiger charge is -2.11. The van der Waals surface area contributed by atoms with Crippen molar-refractivity contribution in [2.24, 2.45) is 0 Å². The van der Waals surface area contributed by atoms with E-state index in [0.29, 0.717) is 5.56 Å². The molecule has 0 atom stereocenters. The summed E-state index contributed by atoms with van der Waals surface area (Å²) in [5, 5.41) is 19.6. The first-order chi connectivity index (χ1) is 14.2. The minimum absolute atomic E-state index is 0.158. The number of aromatic hydroxyl groups is 1. The molecule has 4 nitrogen and oxygen atoms in total. The molecule has 0 unspecified atom stereocenters.